The van der Waals surface area contributed by atoms with E-state index < -0.39 is 0 Å². The highest BCUT2D eigenvalue weighted by atomic mass is 127. The van der Waals surface area contributed by atoms with Gasteiger partial charge in [-0.3, -0.25) is 4.99 Å². The Morgan fingerprint density at radius 2 is 2.00 bits per heavy atom. The van der Waals surface area contributed by atoms with E-state index >= 15 is 0 Å². The molecular formula is C16H34IN3O2. The molecular weight excluding hydrogens is 393 g/mol. The zero-order valence-corrected chi connectivity index (χ0v) is 17.0. The van der Waals surface area contributed by atoms with E-state index in [4.69, 9.17) is 9.47 Å². The molecule has 5 nitrogen and oxygen atoms in total. The van der Waals surface area contributed by atoms with Gasteiger partial charge >= 0.3 is 0 Å². The van der Waals surface area contributed by atoms with Gasteiger partial charge in [-0.05, 0) is 18.3 Å². The fourth-order valence-corrected chi connectivity index (χ4v) is 3.13. The molecule has 0 saturated carbocycles. The summed E-state index contributed by atoms with van der Waals surface area (Å²) in [6.45, 7) is 9.65. The predicted molar refractivity (Wildman–Crippen MR) is 103 cm³/mol. The van der Waals surface area contributed by atoms with Crippen molar-refractivity contribution in [3.63, 3.8) is 0 Å². The zero-order chi connectivity index (χ0) is 15.5. The number of methoxy groups -OCH3 is 1. The van der Waals surface area contributed by atoms with Crippen LogP contribution in [-0.2, 0) is 9.47 Å². The van der Waals surface area contributed by atoms with Crippen LogP contribution in [-0.4, -0.2) is 64.5 Å². The lowest BCUT2D eigenvalue weighted by Gasteiger charge is -2.24. The van der Waals surface area contributed by atoms with Crippen LogP contribution in [0.1, 0.15) is 33.1 Å². The van der Waals surface area contributed by atoms with Crippen molar-refractivity contribution in [2.24, 2.45) is 16.8 Å². The maximum Gasteiger partial charge on any atom is 0.193 e. The van der Waals surface area contributed by atoms with Crippen LogP contribution in [0, 0.1) is 11.8 Å². The van der Waals surface area contributed by atoms with Crippen molar-refractivity contribution in [1.29, 1.82) is 0 Å². The molecule has 132 valence electrons. The van der Waals surface area contributed by atoms with Crippen molar-refractivity contribution in [1.82, 2.24) is 10.2 Å². The highest BCUT2D eigenvalue weighted by molar-refractivity contribution is 14.0. The van der Waals surface area contributed by atoms with Crippen molar-refractivity contribution < 1.29 is 9.47 Å². The number of aliphatic imine (C=N–C) groups is 1. The van der Waals surface area contributed by atoms with E-state index in [9.17, 15) is 0 Å². The molecule has 1 N–H and O–H groups in total. The molecule has 1 unspecified atom stereocenters. The third kappa shape index (κ3) is 7.46. The molecule has 1 fully saturated rings. The number of nitrogens with zero attached hydrogens (tertiary/aromatic N) is 2. The van der Waals surface area contributed by atoms with Crippen LogP contribution in [0.25, 0.3) is 0 Å². The molecule has 1 atom stereocenters. The van der Waals surface area contributed by atoms with E-state index in [-0.39, 0.29) is 24.0 Å². The normalized spacial score (nSPS) is 18.7. The topological polar surface area (TPSA) is 46.1 Å². The van der Waals surface area contributed by atoms with Gasteiger partial charge in [-0.2, -0.15) is 0 Å². The summed E-state index contributed by atoms with van der Waals surface area (Å²) < 4.78 is 10.4. The summed E-state index contributed by atoms with van der Waals surface area (Å²) in [5.41, 5.74) is 0. The minimum Gasteiger partial charge on any atom is -0.382 e. The van der Waals surface area contributed by atoms with Crippen LogP contribution in [0.3, 0.4) is 0 Å². The Hall–Kier alpha value is -0.0800. The average molecular weight is 427 g/mol. The minimum atomic E-state index is 0. The molecule has 0 aromatic rings. The SMILES string of the molecule is CCC(CC)C1CCN(C(=NC)NCCOCCOC)C1.I. The first-order valence-electron chi connectivity index (χ1n) is 8.29. The largest absolute Gasteiger partial charge is 0.382 e. The number of ether oxygens (including phenoxy) is 2. The lowest BCUT2D eigenvalue weighted by Crippen LogP contribution is -2.41. The molecule has 0 amide bonds. The number of halogens is 1. The number of guanidine groups is 1. The first-order chi connectivity index (χ1) is 10.3. The predicted octanol–water partition coefficient (Wildman–Crippen LogP) is 2.60. The highest BCUT2D eigenvalue weighted by Crippen LogP contribution is 2.28. The van der Waals surface area contributed by atoms with E-state index in [0.29, 0.717) is 19.8 Å². The smallest absolute Gasteiger partial charge is 0.193 e. The third-order valence-corrected chi connectivity index (χ3v) is 4.41. The number of nitrogens with one attached hydrogen (secondary N) is 1. The maximum absolute atomic E-state index is 5.46. The summed E-state index contributed by atoms with van der Waals surface area (Å²) in [5.74, 6) is 2.68. The van der Waals surface area contributed by atoms with Gasteiger partial charge in [0, 0.05) is 33.8 Å². The van der Waals surface area contributed by atoms with Crippen molar-refractivity contribution in [2.45, 2.75) is 33.1 Å². The molecule has 0 bridgehead atoms. The molecule has 0 aromatic carbocycles. The van der Waals surface area contributed by atoms with Crippen molar-refractivity contribution >= 4 is 29.9 Å². The van der Waals surface area contributed by atoms with Gasteiger partial charge < -0.3 is 19.7 Å². The Labute approximate surface area is 153 Å². The molecule has 0 aromatic heterocycles. The minimum absolute atomic E-state index is 0. The fourth-order valence-electron chi connectivity index (χ4n) is 3.13. The fraction of sp³-hybridized carbons (Fsp3) is 0.938. The molecule has 0 aliphatic carbocycles. The lowest BCUT2D eigenvalue weighted by molar-refractivity contribution is 0.0731. The number of rotatable bonds is 9. The Morgan fingerprint density at radius 1 is 1.27 bits per heavy atom. The molecule has 0 radical (unpaired) electrons. The van der Waals surface area contributed by atoms with Gasteiger partial charge in [0.2, 0.25) is 0 Å². The Kier molecular flexibility index (Phi) is 13.3. The van der Waals surface area contributed by atoms with E-state index in [1.54, 1.807) is 7.11 Å². The van der Waals surface area contributed by atoms with E-state index in [2.05, 4.69) is 29.1 Å². The standard InChI is InChI=1S/C16H33N3O2.HI/c1-5-14(6-2)15-7-9-19(13-15)16(17-3)18-8-10-21-12-11-20-4;/h14-15H,5-13H2,1-4H3,(H,17,18);1H. The summed E-state index contributed by atoms with van der Waals surface area (Å²) >= 11 is 0. The van der Waals surface area contributed by atoms with Gasteiger partial charge in [-0.1, -0.05) is 26.7 Å². The lowest BCUT2D eigenvalue weighted by atomic mass is 9.87. The average Bonchev–Trinajstić information content (AvgIpc) is 2.97. The summed E-state index contributed by atoms with van der Waals surface area (Å²) in [7, 11) is 3.55. The maximum atomic E-state index is 5.46. The van der Waals surface area contributed by atoms with E-state index in [1.165, 1.54) is 19.3 Å². The molecule has 0 spiro atoms. The second-order valence-electron chi connectivity index (χ2n) is 5.65. The van der Waals surface area contributed by atoms with Crippen LogP contribution >= 0.6 is 24.0 Å². The summed E-state index contributed by atoms with van der Waals surface area (Å²) in [6, 6.07) is 0. The summed E-state index contributed by atoms with van der Waals surface area (Å²) in [5, 5.41) is 3.39. The van der Waals surface area contributed by atoms with Gasteiger partial charge in [0.1, 0.15) is 0 Å². The van der Waals surface area contributed by atoms with Gasteiger partial charge in [0.25, 0.3) is 0 Å². The van der Waals surface area contributed by atoms with Gasteiger partial charge in [0.15, 0.2) is 5.96 Å². The van der Waals surface area contributed by atoms with Crippen LogP contribution in [0.15, 0.2) is 4.99 Å². The van der Waals surface area contributed by atoms with Crippen LogP contribution in [0.2, 0.25) is 0 Å². The second-order valence-corrected chi connectivity index (χ2v) is 5.65. The monoisotopic (exact) mass is 427 g/mol. The van der Waals surface area contributed by atoms with Gasteiger partial charge in [-0.15, -0.1) is 24.0 Å². The van der Waals surface area contributed by atoms with Gasteiger partial charge in [0.05, 0.1) is 19.8 Å². The van der Waals surface area contributed by atoms with Crippen molar-refractivity contribution in [3.8, 4) is 0 Å². The Bertz CT molecular complexity index is 299. The Morgan fingerprint density at radius 3 is 2.59 bits per heavy atom. The molecule has 1 saturated heterocycles. The summed E-state index contributed by atoms with van der Waals surface area (Å²) in [4.78, 5) is 6.79. The van der Waals surface area contributed by atoms with Crippen molar-refractivity contribution in [2.75, 3.05) is 53.6 Å². The zero-order valence-electron chi connectivity index (χ0n) is 14.6. The molecule has 1 rings (SSSR count). The molecule has 22 heavy (non-hydrogen) atoms. The first kappa shape index (κ1) is 21.9. The molecule has 1 aliphatic rings. The van der Waals surface area contributed by atoms with Crippen LogP contribution < -0.4 is 5.32 Å². The van der Waals surface area contributed by atoms with Gasteiger partial charge in [-0.25, -0.2) is 0 Å². The molecule has 6 heteroatoms. The first-order valence-corrected chi connectivity index (χ1v) is 8.29. The second kappa shape index (κ2) is 13.4. The number of hydrogen-bond donors (Lipinski definition) is 1. The van der Waals surface area contributed by atoms with Crippen LogP contribution in [0.4, 0.5) is 0 Å². The van der Waals surface area contributed by atoms with E-state index in [0.717, 1.165) is 37.4 Å². The number of likely N-dealkylation sites (tertiary alicyclic amines) is 1. The Balaban J connectivity index is 0.00000441. The molecule has 1 heterocycles. The molecule has 1 aliphatic heterocycles. The quantitative estimate of drug-likeness (QED) is 0.266. The van der Waals surface area contributed by atoms with Crippen LogP contribution in [0.5, 0.6) is 0 Å². The highest BCUT2D eigenvalue weighted by Gasteiger charge is 2.29. The number of hydrogen-bond acceptors (Lipinski definition) is 3. The summed E-state index contributed by atoms with van der Waals surface area (Å²) in [6.07, 6.45) is 3.86. The van der Waals surface area contributed by atoms with Crippen molar-refractivity contribution in [3.05, 3.63) is 0 Å². The van der Waals surface area contributed by atoms with E-state index in [1.807, 2.05) is 7.05 Å². The third-order valence-electron chi connectivity index (χ3n) is 4.41.